The maximum Gasteiger partial charge on any atom is 0.375 e. The van der Waals surface area contributed by atoms with Gasteiger partial charge in [0.1, 0.15) is 6.54 Å². The van der Waals surface area contributed by atoms with Crippen molar-refractivity contribution in [2.45, 2.75) is 25.3 Å². The first kappa shape index (κ1) is 14.4. The van der Waals surface area contributed by atoms with Gasteiger partial charge >= 0.3 is 5.89 Å². The quantitative estimate of drug-likeness (QED) is 0.653. The zero-order chi connectivity index (χ0) is 15.8. The summed E-state index contributed by atoms with van der Waals surface area (Å²) in [5.41, 5.74) is 1.32. The van der Waals surface area contributed by atoms with E-state index in [0.29, 0.717) is 0 Å². The third-order valence-corrected chi connectivity index (χ3v) is 5.33. The van der Waals surface area contributed by atoms with Crippen molar-refractivity contribution in [2.24, 2.45) is 0 Å². The van der Waals surface area contributed by atoms with E-state index in [2.05, 4.69) is 65.8 Å². The Hall–Kier alpha value is -2.20. The van der Waals surface area contributed by atoms with Crippen molar-refractivity contribution < 1.29 is 8.98 Å². The molecule has 3 aromatic rings. The second kappa shape index (κ2) is 5.78. The van der Waals surface area contributed by atoms with Crippen LogP contribution in [-0.4, -0.2) is 6.54 Å². The van der Waals surface area contributed by atoms with Gasteiger partial charge in [0.2, 0.25) is 6.20 Å². The number of hydrogen-bond acceptors (Lipinski definition) is 3. The number of rotatable bonds is 3. The number of nitrogens with zero attached hydrogens (tertiary/aromatic N) is 2. The highest BCUT2D eigenvalue weighted by molar-refractivity contribution is 8.04. The molecule has 2 aromatic carbocycles. The van der Waals surface area contributed by atoms with Crippen LogP contribution in [0, 0.1) is 0 Å². The van der Waals surface area contributed by atoms with Gasteiger partial charge in [-0.25, -0.2) is 0 Å². The molecule has 0 unspecified atom stereocenters. The van der Waals surface area contributed by atoms with Crippen molar-refractivity contribution in [3.05, 3.63) is 59.8 Å². The Balaban J connectivity index is 1.85. The van der Waals surface area contributed by atoms with Crippen LogP contribution in [0.15, 0.2) is 63.2 Å². The van der Waals surface area contributed by atoms with Crippen LogP contribution < -0.4 is 9.47 Å². The fourth-order valence-electron chi connectivity index (χ4n) is 3.09. The van der Waals surface area contributed by atoms with Gasteiger partial charge in [-0.2, -0.15) is 4.57 Å². The number of anilines is 1. The second-order valence-electron chi connectivity index (χ2n) is 5.49. The highest BCUT2D eigenvalue weighted by atomic mass is 32.2. The molecule has 23 heavy (non-hydrogen) atoms. The molecule has 4 heteroatoms. The lowest BCUT2D eigenvalue weighted by Gasteiger charge is -2.19. The molecule has 0 amide bonds. The van der Waals surface area contributed by atoms with Gasteiger partial charge in [0, 0.05) is 16.8 Å². The Labute approximate surface area is 140 Å². The van der Waals surface area contributed by atoms with E-state index in [4.69, 9.17) is 4.42 Å². The summed E-state index contributed by atoms with van der Waals surface area (Å²) >= 11 is 1.81. The van der Waals surface area contributed by atoms with Gasteiger partial charge in [-0.05, 0) is 25.3 Å². The largest absolute Gasteiger partial charge is 0.407 e. The molecule has 1 aromatic heterocycles. The summed E-state index contributed by atoms with van der Waals surface area (Å²) in [6, 6.07) is 13.0. The average molecular weight is 323 g/mol. The van der Waals surface area contributed by atoms with E-state index < -0.39 is 0 Å². The number of aromatic nitrogens is 1. The van der Waals surface area contributed by atoms with Crippen LogP contribution in [0.25, 0.3) is 16.8 Å². The Kier molecular flexibility index (Phi) is 3.62. The fraction of sp³-hybridized carbons (Fsp3) is 0.211. The van der Waals surface area contributed by atoms with Crippen LogP contribution in [-0.2, 0) is 6.54 Å². The molecule has 1 aliphatic rings. The molecule has 3 nitrogen and oxygen atoms in total. The Morgan fingerprint density at radius 3 is 2.87 bits per heavy atom. The summed E-state index contributed by atoms with van der Waals surface area (Å²) in [7, 11) is 0. The third kappa shape index (κ3) is 2.34. The van der Waals surface area contributed by atoms with E-state index in [-0.39, 0.29) is 0 Å². The average Bonchev–Trinajstić information content (AvgIpc) is 3.18. The third-order valence-electron chi connectivity index (χ3n) is 4.23. The molecule has 1 aliphatic heterocycles. The summed E-state index contributed by atoms with van der Waals surface area (Å²) in [4.78, 5) is 3.69. The van der Waals surface area contributed by atoms with E-state index in [1.165, 1.54) is 26.4 Å². The lowest BCUT2D eigenvalue weighted by molar-refractivity contribution is -0.698. The van der Waals surface area contributed by atoms with Crippen LogP contribution in [0.3, 0.4) is 0 Å². The highest BCUT2D eigenvalue weighted by Gasteiger charge is 2.27. The van der Waals surface area contributed by atoms with E-state index in [1.807, 2.05) is 18.0 Å². The fourth-order valence-corrected chi connectivity index (χ4v) is 4.26. The zero-order valence-electron chi connectivity index (χ0n) is 13.3. The molecular weight excluding hydrogens is 304 g/mol. The lowest BCUT2D eigenvalue weighted by Crippen LogP contribution is -2.32. The summed E-state index contributed by atoms with van der Waals surface area (Å²) in [6.07, 6.45) is 5.87. The maximum atomic E-state index is 5.64. The van der Waals surface area contributed by atoms with Crippen LogP contribution in [0.5, 0.6) is 0 Å². The van der Waals surface area contributed by atoms with E-state index >= 15 is 0 Å². The van der Waals surface area contributed by atoms with Gasteiger partial charge in [-0.1, -0.05) is 42.1 Å². The van der Waals surface area contributed by atoms with Crippen LogP contribution in [0.4, 0.5) is 5.69 Å². The molecule has 0 radical (unpaired) electrons. The van der Waals surface area contributed by atoms with Crippen molar-refractivity contribution in [1.82, 2.24) is 0 Å². The van der Waals surface area contributed by atoms with Crippen molar-refractivity contribution in [2.75, 3.05) is 11.4 Å². The first-order chi connectivity index (χ1) is 11.3. The molecule has 0 atom stereocenters. The molecule has 0 fully saturated rings. The van der Waals surface area contributed by atoms with Crippen molar-refractivity contribution in [3.8, 4) is 0 Å². The predicted octanol–water partition coefficient (Wildman–Crippen LogP) is 4.67. The van der Waals surface area contributed by atoms with Crippen LogP contribution >= 0.6 is 11.8 Å². The maximum absolute atomic E-state index is 5.64. The molecule has 0 aliphatic carbocycles. The van der Waals surface area contributed by atoms with Gasteiger partial charge < -0.3 is 9.32 Å². The SMILES string of the molecule is CCN1C(=Cc2occ[n+]2CC)Sc2ccc3ccccc3c21. The highest BCUT2D eigenvalue weighted by Crippen LogP contribution is 2.49. The van der Waals surface area contributed by atoms with E-state index in [0.717, 1.165) is 19.0 Å². The van der Waals surface area contributed by atoms with Crippen molar-refractivity contribution in [3.63, 3.8) is 0 Å². The molecule has 0 saturated carbocycles. The number of hydrogen-bond donors (Lipinski definition) is 0. The van der Waals surface area contributed by atoms with Crippen molar-refractivity contribution in [1.29, 1.82) is 0 Å². The summed E-state index contributed by atoms with van der Waals surface area (Å²) in [5.74, 6) is 0.894. The molecular formula is C19H19N2OS+. The van der Waals surface area contributed by atoms with Crippen LogP contribution in [0.2, 0.25) is 0 Å². The summed E-state index contributed by atoms with van der Waals surface area (Å²) < 4.78 is 7.76. The topological polar surface area (TPSA) is 20.3 Å². The first-order valence-electron chi connectivity index (χ1n) is 7.97. The van der Waals surface area contributed by atoms with Gasteiger partial charge in [0.25, 0.3) is 0 Å². The summed E-state index contributed by atoms with van der Waals surface area (Å²) in [5, 5.41) is 3.81. The number of oxazole rings is 1. The minimum Gasteiger partial charge on any atom is -0.407 e. The Morgan fingerprint density at radius 1 is 1.17 bits per heavy atom. The number of thioether (sulfide) groups is 1. The Morgan fingerprint density at radius 2 is 2.04 bits per heavy atom. The minimum atomic E-state index is 0.894. The Bertz CT molecular complexity index is 897. The predicted molar refractivity (Wildman–Crippen MR) is 95.4 cm³/mol. The normalized spacial score (nSPS) is 15.6. The molecule has 0 bridgehead atoms. The smallest absolute Gasteiger partial charge is 0.375 e. The molecule has 116 valence electrons. The van der Waals surface area contributed by atoms with Gasteiger partial charge in [-0.15, -0.1) is 0 Å². The zero-order valence-corrected chi connectivity index (χ0v) is 14.1. The van der Waals surface area contributed by atoms with E-state index in [1.54, 1.807) is 6.26 Å². The van der Waals surface area contributed by atoms with E-state index in [9.17, 15) is 0 Å². The molecule has 2 heterocycles. The van der Waals surface area contributed by atoms with Gasteiger partial charge in [-0.3, -0.25) is 0 Å². The minimum absolute atomic E-state index is 0.894. The lowest BCUT2D eigenvalue weighted by atomic mass is 10.1. The molecule has 4 rings (SSSR count). The second-order valence-corrected chi connectivity index (χ2v) is 6.55. The number of benzene rings is 2. The van der Waals surface area contributed by atoms with Gasteiger partial charge in [0.15, 0.2) is 6.26 Å². The molecule has 0 saturated heterocycles. The van der Waals surface area contributed by atoms with Gasteiger partial charge in [0.05, 0.1) is 16.8 Å². The monoisotopic (exact) mass is 323 g/mol. The first-order valence-corrected chi connectivity index (χ1v) is 8.79. The number of aryl methyl sites for hydroxylation is 1. The molecule has 0 spiro atoms. The molecule has 0 N–H and O–H groups in total. The number of fused-ring (bicyclic) bond motifs is 3. The van der Waals surface area contributed by atoms with Crippen LogP contribution in [0.1, 0.15) is 19.7 Å². The standard InChI is InChI=1S/C19H19N2OS/c1-3-20-11-12-22-17(20)13-18-21(4-2)19-15-8-6-5-7-14(15)9-10-16(19)23-18/h5-13H,3-4H2,1-2H3/q+1. The summed E-state index contributed by atoms with van der Waals surface area (Å²) in [6.45, 7) is 6.16. The van der Waals surface area contributed by atoms with Crippen molar-refractivity contribution >= 4 is 34.3 Å².